The fraction of sp³-hybridized carbons (Fsp3) is 0.806. The Hall–Kier alpha value is -4.15. The van der Waals surface area contributed by atoms with E-state index < -0.39 is 76.9 Å². The average Bonchev–Trinajstić information content (AvgIpc) is 3.54. The molecule has 5 amide bonds. The van der Waals surface area contributed by atoms with Gasteiger partial charge in [0.15, 0.2) is 0 Å². The standard InChI is InChI=1S/C36H64N6O11/c1-34(2,3)51-27(43)19-18-25(30(46)42-26(31(47)48)16-11-13-21-39-33(50)53-36(7,8)9)41-29(45)24(40-28(44)23-17-14-22-37-23)15-10-12-20-38-32(49)52-35(4,5)6/h23-26,37H,10-22H2,1-9H3,(H,38,49)(H,39,50)(H,40,44)(H,41,45)(H,42,46)(H,47,48)/t23-,24-,25-,26-/m0/s1. The van der Waals surface area contributed by atoms with Gasteiger partial charge in [0, 0.05) is 19.5 Å². The molecule has 1 rings (SSSR count). The van der Waals surface area contributed by atoms with Gasteiger partial charge in [-0.15, -0.1) is 0 Å². The normalized spacial score (nSPS) is 16.3. The van der Waals surface area contributed by atoms with Gasteiger partial charge in [0.25, 0.3) is 0 Å². The Labute approximate surface area is 313 Å². The van der Waals surface area contributed by atoms with Crippen LogP contribution < -0.4 is 31.9 Å². The van der Waals surface area contributed by atoms with Crippen molar-refractivity contribution in [3.8, 4) is 0 Å². The van der Waals surface area contributed by atoms with Crippen molar-refractivity contribution in [2.45, 2.75) is 167 Å². The Morgan fingerprint density at radius 1 is 0.642 bits per heavy atom. The first-order valence-corrected chi connectivity index (χ1v) is 18.5. The molecule has 0 bridgehead atoms. The van der Waals surface area contributed by atoms with Crippen LogP contribution in [0, 0.1) is 0 Å². The molecule has 0 spiro atoms. The number of aliphatic carboxylic acids is 1. The van der Waals surface area contributed by atoms with E-state index in [2.05, 4.69) is 31.9 Å². The summed E-state index contributed by atoms with van der Waals surface area (Å²) in [5.74, 6) is -3.82. The first-order chi connectivity index (χ1) is 24.5. The van der Waals surface area contributed by atoms with Crippen LogP contribution in [-0.4, -0.2) is 108 Å². The third-order valence-corrected chi connectivity index (χ3v) is 7.49. The summed E-state index contributed by atoms with van der Waals surface area (Å²) in [4.78, 5) is 88.9. The molecule has 0 aromatic carbocycles. The molecule has 1 aliphatic rings. The second-order valence-corrected chi connectivity index (χ2v) is 16.1. The topological polar surface area (TPSA) is 240 Å². The van der Waals surface area contributed by atoms with E-state index in [-0.39, 0.29) is 44.7 Å². The highest BCUT2D eigenvalue weighted by atomic mass is 16.6. The van der Waals surface area contributed by atoms with Gasteiger partial charge in [0.05, 0.1) is 6.04 Å². The number of rotatable bonds is 20. The minimum atomic E-state index is -1.34. The van der Waals surface area contributed by atoms with Gasteiger partial charge < -0.3 is 51.2 Å². The number of carbonyl (C=O) groups excluding carboxylic acids is 6. The molecule has 53 heavy (non-hydrogen) atoms. The molecule has 7 N–H and O–H groups in total. The number of alkyl carbamates (subject to hydrolysis) is 2. The number of amides is 5. The zero-order valence-corrected chi connectivity index (χ0v) is 33.0. The molecule has 0 aromatic heterocycles. The third-order valence-electron chi connectivity index (χ3n) is 7.49. The largest absolute Gasteiger partial charge is 0.480 e. The predicted molar refractivity (Wildman–Crippen MR) is 196 cm³/mol. The quantitative estimate of drug-likeness (QED) is 0.0539. The van der Waals surface area contributed by atoms with Crippen LogP contribution in [0.4, 0.5) is 9.59 Å². The van der Waals surface area contributed by atoms with Crippen molar-refractivity contribution in [2.75, 3.05) is 19.6 Å². The molecule has 17 nitrogen and oxygen atoms in total. The number of unbranched alkanes of at least 4 members (excludes halogenated alkanes) is 2. The van der Waals surface area contributed by atoms with E-state index >= 15 is 0 Å². The van der Waals surface area contributed by atoms with Gasteiger partial charge >= 0.3 is 24.1 Å². The summed E-state index contributed by atoms with van der Waals surface area (Å²) in [6.07, 6.45) is 1.52. The van der Waals surface area contributed by atoms with Crippen LogP contribution in [-0.2, 0) is 38.2 Å². The van der Waals surface area contributed by atoms with Crippen LogP contribution in [0.3, 0.4) is 0 Å². The van der Waals surface area contributed by atoms with Crippen LogP contribution in [0.1, 0.15) is 127 Å². The highest BCUT2D eigenvalue weighted by molar-refractivity contribution is 5.94. The number of nitrogens with one attached hydrogen (secondary N) is 6. The van der Waals surface area contributed by atoms with E-state index in [9.17, 15) is 38.7 Å². The van der Waals surface area contributed by atoms with E-state index in [1.807, 2.05) is 0 Å². The number of ether oxygens (including phenoxy) is 3. The molecule has 1 saturated heterocycles. The number of hydrogen-bond donors (Lipinski definition) is 7. The zero-order chi connectivity index (χ0) is 40.4. The molecule has 0 aromatic rings. The summed E-state index contributed by atoms with van der Waals surface area (Å²) in [5.41, 5.74) is -2.13. The molecule has 4 atom stereocenters. The lowest BCUT2D eigenvalue weighted by Gasteiger charge is -2.26. The van der Waals surface area contributed by atoms with Crippen LogP contribution in [0.25, 0.3) is 0 Å². The highest BCUT2D eigenvalue weighted by Gasteiger charge is 2.32. The monoisotopic (exact) mass is 756 g/mol. The molecule has 0 radical (unpaired) electrons. The average molecular weight is 757 g/mol. The lowest BCUT2D eigenvalue weighted by molar-refractivity contribution is -0.155. The second-order valence-electron chi connectivity index (χ2n) is 16.1. The predicted octanol–water partition coefficient (Wildman–Crippen LogP) is 2.79. The Morgan fingerprint density at radius 3 is 1.53 bits per heavy atom. The van der Waals surface area contributed by atoms with E-state index in [4.69, 9.17) is 14.2 Å². The number of carboxylic acid groups (broad SMARTS) is 1. The third kappa shape index (κ3) is 22.5. The number of hydrogen-bond acceptors (Lipinski definition) is 11. The molecule has 1 fully saturated rings. The zero-order valence-electron chi connectivity index (χ0n) is 33.0. The Balaban J connectivity index is 3.02. The lowest BCUT2D eigenvalue weighted by atomic mass is 10.0. The van der Waals surface area contributed by atoms with Crippen molar-refractivity contribution in [3.63, 3.8) is 0 Å². The minimum absolute atomic E-state index is 0.0220. The van der Waals surface area contributed by atoms with Gasteiger partial charge in [-0.3, -0.25) is 19.2 Å². The molecule has 304 valence electrons. The van der Waals surface area contributed by atoms with E-state index in [1.165, 1.54) is 0 Å². The van der Waals surface area contributed by atoms with Gasteiger partial charge in [0.2, 0.25) is 17.7 Å². The molecule has 1 heterocycles. The molecule has 0 aliphatic carbocycles. The fourth-order valence-electron chi connectivity index (χ4n) is 5.13. The Bertz CT molecular complexity index is 1230. The van der Waals surface area contributed by atoms with Gasteiger partial charge in [-0.25, -0.2) is 14.4 Å². The number of esters is 1. The van der Waals surface area contributed by atoms with Gasteiger partial charge in [-0.1, -0.05) is 0 Å². The minimum Gasteiger partial charge on any atom is -0.480 e. The number of carbonyl (C=O) groups is 7. The first-order valence-electron chi connectivity index (χ1n) is 18.5. The van der Waals surface area contributed by atoms with Crippen molar-refractivity contribution in [3.05, 3.63) is 0 Å². The SMILES string of the molecule is CC(C)(C)OC(=O)CC[C@H](NC(=O)[C@H](CCCCNC(=O)OC(C)(C)C)NC(=O)[C@@H]1CCCN1)C(=O)N[C@@H](CCCCNC(=O)OC(C)(C)C)C(=O)O. The van der Waals surface area contributed by atoms with Crippen LogP contribution in [0.15, 0.2) is 0 Å². The van der Waals surface area contributed by atoms with Crippen molar-refractivity contribution < 1.29 is 52.9 Å². The summed E-state index contributed by atoms with van der Waals surface area (Å²) in [7, 11) is 0. The summed E-state index contributed by atoms with van der Waals surface area (Å²) in [6, 6.07) is -4.23. The maximum Gasteiger partial charge on any atom is 0.407 e. The molecular weight excluding hydrogens is 692 g/mol. The van der Waals surface area contributed by atoms with Gasteiger partial charge in [-0.05, 0) is 127 Å². The van der Waals surface area contributed by atoms with E-state index in [1.54, 1.807) is 62.3 Å². The fourth-order valence-corrected chi connectivity index (χ4v) is 5.13. The molecular formula is C36H64N6O11. The van der Waals surface area contributed by atoms with E-state index in [0.717, 1.165) is 6.42 Å². The highest BCUT2D eigenvalue weighted by Crippen LogP contribution is 2.13. The molecule has 1 aliphatic heterocycles. The summed E-state index contributed by atoms with van der Waals surface area (Å²) in [5, 5.41) is 26.1. The van der Waals surface area contributed by atoms with Gasteiger partial charge in [0.1, 0.15) is 34.9 Å². The molecule has 17 heteroatoms. The second kappa shape index (κ2) is 22.2. The maximum absolute atomic E-state index is 13.7. The van der Waals surface area contributed by atoms with Crippen molar-refractivity contribution in [2.24, 2.45) is 0 Å². The first kappa shape index (κ1) is 46.9. The molecule has 0 unspecified atom stereocenters. The summed E-state index contributed by atoms with van der Waals surface area (Å²) >= 11 is 0. The van der Waals surface area contributed by atoms with Crippen LogP contribution in [0.5, 0.6) is 0 Å². The lowest BCUT2D eigenvalue weighted by Crippen LogP contribution is -2.57. The van der Waals surface area contributed by atoms with E-state index in [0.29, 0.717) is 38.6 Å². The summed E-state index contributed by atoms with van der Waals surface area (Å²) < 4.78 is 15.8. The van der Waals surface area contributed by atoms with Crippen LogP contribution >= 0.6 is 0 Å². The smallest absolute Gasteiger partial charge is 0.407 e. The van der Waals surface area contributed by atoms with Gasteiger partial charge in [-0.2, -0.15) is 0 Å². The number of carboxylic acids is 1. The molecule has 0 saturated carbocycles. The van der Waals surface area contributed by atoms with Crippen molar-refractivity contribution in [1.82, 2.24) is 31.9 Å². The summed E-state index contributed by atoms with van der Waals surface area (Å²) in [6.45, 7) is 16.6. The van der Waals surface area contributed by atoms with Crippen molar-refractivity contribution in [1.29, 1.82) is 0 Å². The Morgan fingerprint density at radius 2 is 1.09 bits per heavy atom. The van der Waals surface area contributed by atoms with Crippen molar-refractivity contribution >= 4 is 41.8 Å². The van der Waals surface area contributed by atoms with Crippen LogP contribution in [0.2, 0.25) is 0 Å². The maximum atomic E-state index is 13.7. The Kier molecular flexibility index (Phi) is 19.6.